The van der Waals surface area contributed by atoms with Gasteiger partial charge in [-0.1, -0.05) is 6.92 Å². The molecule has 1 saturated heterocycles. The second-order valence-corrected chi connectivity index (χ2v) is 5.64. The average molecular weight is 275 g/mol. The van der Waals surface area contributed by atoms with Gasteiger partial charge in [-0.15, -0.1) is 0 Å². The lowest BCUT2D eigenvalue weighted by molar-refractivity contribution is 0.287. The highest BCUT2D eigenvalue weighted by Crippen LogP contribution is 2.27. The van der Waals surface area contributed by atoms with Gasteiger partial charge in [-0.3, -0.25) is 0 Å². The molecule has 0 radical (unpaired) electrons. The van der Waals surface area contributed by atoms with E-state index >= 15 is 0 Å². The molecule has 4 heteroatoms. The van der Waals surface area contributed by atoms with Crippen molar-refractivity contribution >= 4 is 5.69 Å². The second-order valence-electron chi connectivity index (χ2n) is 5.64. The highest BCUT2D eigenvalue weighted by molar-refractivity contribution is 5.59. The van der Waals surface area contributed by atoms with E-state index in [0.717, 1.165) is 38.3 Å². The molecule has 1 aromatic rings. The maximum atomic E-state index is 13.2. The number of halogens is 1. The van der Waals surface area contributed by atoms with Gasteiger partial charge >= 0.3 is 0 Å². The zero-order chi connectivity index (χ0) is 14.5. The molecule has 0 amide bonds. The number of anilines is 1. The van der Waals surface area contributed by atoms with Gasteiger partial charge < -0.3 is 9.80 Å². The van der Waals surface area contributed by atoms with Crippen LogP contribution in [0.3, 0.4) is 0 Å². The Balaban J connectivity index is 2.01. The summed E-state index contributed by atoms with van der Waals surface area (Å²) in [4.78, 5) is 4.58. The van der Waals surface area contributed by atoms with Crippen LogP contribution in [0.15, 0.2) is 18.2 Å². The van der Waals surface area contributed by atoms with Crippen LogP contribution < -0.4 is 4.90 Å². The van der Waals surface area contributed by atoms with Gasteiger partial charge in [0.1, 0.15) is 11.9 Å². The minimum absolute atomic E-state index is 0.344. The first-order valence-corrected chi connectivity index (χ1v) is 7.27. The molecule has 1 aromatic carbocycles. The first kappa shape index (κ1) is 14.8. The van der Waals surface area contributed by atoms with E-state index in [1.807, 2.05) is 0 Å². The van der Waals surface area contributed by atoms with Gasteiger partial charge in [-0.05, 0) is 50.6 Å². The van der Waals surface area contributed by atoms with E-state index in [4.69, 9.17) is 5.26 Å². The maximum absolute atomic E-state index is 13.2. The second kappa shape index (κ2) is 6.71. The molecule has 0 N–H and O–H groups in total. The fourth-order valence-electron chi connectivity index (χ4n) is 2.99. The summed E-state index contributed by atoms with van der Waals surface area (Å²) in [5, 5.41) is 9.13. The van der Waals surface area contributed by atoms with E-state index in [-0.39, 0.29) is 5.82 Å². The minimum Gasteiger partial charge on any atom is -0.370 e. The fourth-order valence-corrected chi connectivity index (χ4v) is 2.99. The van der Waals surface area contributed by atoms with Crippen LogP contribution in [-0.4, -0.2) is 38.1 Å². The van der Waals surface area contributed by atoms with Gasteiger partial charge in [-0.25, -0.2) is 4.39 Å². The molecule has 108 valence electrons. The molecule has 1 atom stereocenters. The molecule has 0 aliphatic carbocycles. The number of nitriles is 1. The van der Waals surface area contributed by atoms with Crippen molar-refractivity contribution in [2.75, 3.05) is 38.1 Å². The average Bonchev–Trinajstić information content (AvgIpc) is 2.87. The lowest BCUT2D eigenvalue weighted by Gasteiger charge is -2.22. The van der Waals surface area contributed by atoms with Crippen molar-refractivity contribution in [3.05, 3.63) is 29.6 Å². The first-order chi connectivity index (χ1) is 9.63. The molecular formula is C16H22FN3. The van der Waals surface area contributed by atoms with Gasteiger partial charge in [0.25, 0.3) is 0 Å². The Labute approximate surface area is 120 Å². The Hall–Kier alpha value is -1.60. The zero-order valence-electron chi connectivity index (χ0n) is 12.3. The molecule has 0 bridgehead atoms. The van der Waals surface area contributed by atoms with E-state index < -0.39 is 0 Å². The smallest absolute Gasteiger partial charge is 0.124 e. The molecular weight excluding hydrogens is 253 g/mol. The number of benzene rings is 1. The van der Waals surface area contributed by atoms with Crippen molar-refractivity contribution in [2.45, 2.75) is 19.8 Å². The van der Waals surface area contributed by atoms with Gasteiger partial charge in [-0.2, -0.15) is 5.26 Å². The standard InChI is InChI=1S/C16H22FN3/c1-3-7-19(2)11-13-6-8-20(12-13)16-5-4-15(17)9-14(16)10-18/h4-5,9,13H,3,6-8,11-12H2,1-2H3/t13-/m1/s1. The Morgan fingerprint density at radius 3 is 3.00 bits per heavy atom. The summed E-state index contributed by atoms with van der Waals surface area (Å²) >= 11 is 0. The predicted octanol–water partition coefficient (Wildman–Crippen LogP) is 2.87. The third kappa shape index (κ3) is 3.49. The monoisotopic (exact) mass is 275 g/mol. The van der Waals surface area contributed by atoms with Crippen LogP contribution in [0.1, 0.15) is 25.3 Å². The Morgan fingerprint density at radius 1 is 1.50 bits per heavy atom. The van der Waals surface area contributed by atoms with Gasteiger partial charge in [0.15, 0.2) is 0 Å². The summed E-state index contributed by atoms with van der Waals surface area (Å²) in [6.45, 7) is 6.30. The summed E-state index contributed by atoms with van der Waals surface area (Å²) in [5.74, 6) is 0.284. The van der Waals surface area contributed by atoms with Crippen LogP contribution in [0.2, 0.25) is 0 Å². The summed E-state index contributed by atoms with van der Waals surface area (Å²) in [6, 6.07) is 6.59. The van der Waals surface area contributed by atoms with E-state index in [9.17, 15) is 4.39 Å². The van der Waals surface area contributed by atoms with Crippen molar-refractivity contribution in [3.63, 3.8) is 0 Å². The Morgan fingerprint density at radius 2 is 2.30 bits per heavy atom. The van der Waals surface area contributed by atoms with Gasteiger partial charge in [0.2, 0.25) is 0 Å². The van der Waals surface area contributed by atoms with E-state index in [2.05, 4.69) is 29.8 Å². The van der Waals surface area contributed by atoms with Crippen molar-refractivity contribution in [1.29, 1.82) is 5.26 Å². The molecule has 0 spiro atoms. The molecule has 0 unspecified atom stereocenters. The largest absolute Gasteiger partial charge is 0.370 e. The molecule has 1 aliphatic rings. The van der Waals surface area contributed by atoms with E-state index in [1.165, 1.54) is 18.6 Å². The topological polar surface area (TPSA) is 30.3 Å². The zero-order valence-corrected chi connectivity index (χ0v) is 12.3. The van der Waals surface area contributed by atoms with Crippen molar-refractivity contribution < 1.29 is 4.39 Å². The maximum Gasteiger partial charge on any atom is 0.124 e. The van der Waals surface area contributed by atoms with Crippen molar-refractivity contribution in [1.82, 2.24) is 4.90 Å². The number of hydrogen-bond donors (Lipinski definition) is 0. The third-order valence-electron chi connectivity index (χ3n) is 3.88. The van der Waals surface area contributed by atoms with E-state index in [1.54, 1.807) is 6.07 Å². The predicted molar refractivity (Wildman–Crippen MR) is 79.2 cm³/mol. The van der Waals surface area contributed by atoms with Crippen LogP contribution in [0.4, 0.5) is 10.1 Å². The quantitative estimate of drug-likeness (QED) is 0.827. The molecule has 20 heavy (non-hydrogen) atoms. The summed E-state index contributed by atoms with van der Waals surface area (Å²) < 4.78 is 13.2. The highest BCUT2D eigenvalue weighted by Gasteiger charge is 2.25. The first-order valence-electron chi connectivity index (χ1n) is 7.27. The van der Waals surface area contributed by atoms with Gasteiger partial charge in [0.05, 0.1) is 11.3 Å². The SMILES string of the molecule is CCCN(C)C[C@H]1CCN(c2ccc(F)cc2C#N)C1. The molecule has 1 fully saturated rings. The van der Waals surface area contributed by atoms with Gasteiger partial charge in [0, 0.05) is 19.6 Å². The van der Waals surface area contributed by atoms with Crippen LogP contribution in [0, 0.1) is 23.1 Å². The number of hydrogen-bond acceptors (Lipinski definition) is 3. The summed E-state index contributed by atoms with van der Waals surface area (Å²) in [5.41, 5.74) is 1.31. The fraction of sp³-hybridized carbons (Fsp3) is 0.562. The lowest BCUT2D eigenvalue weighted by Crippen LogP contribution is -2.29. The number of nitrogens with zero attached hydrogens (tertiary/aromatic N) is 3. The number of rotatable bonds is 5. The lowest BCUT2D eigenvalue weighted by atomic mass is 10.1. The molecule has 1 aliphatic heterocycles. The Kier molecular flexibility index (Phi) is 4.97. The Bertz CT molecular complexity index is 495. The molecule has 0 aromatic heterocycles. The molecule has 2 rings (SSSR count). The van der Waals surface area contributed by atoms with Crippen LogP contribution in [0.25, 0.3) is 0 Å². The van der Waals surface area contributed by atoms with Crippen molar-refractivity contribution in [3.8, 4) is 6.07 Å². The van der Waals surface area contributed by atoms with Crippen molar-refractivity contribution in [2.24, 2.45) is 5.92 Å². The summed E-state index contributed by atoms with van der Waals surface area (Å²) in [6.07, 6.45) is 2.31. The molecule has 1 heterocycles. The third-order valence-corrected chi connectivity index (χ3v) is 3.88. The van der Waals surface area contributed by atoms with Crippen LogP contribution >= 0.6 is 0 Å². The molecule has 3 nitrogen and oxygen atoms in total. The molecule has 0 saturated carbocycles. The minimum atomic E-state index is -0.344. The van der Waals surface area contributed by atoms with E-state index in [0.29, 0.717) is 11.5 Å². The highest BCUT2D eigenvalue weighted by atomic mass is 19.1. The normalized spacial score (nSPS) is 18.6. The summed E-state index contributed by atoms with van der Waals surface area (Å²) in [7, 11) is 2.16. The van der Waals surface area contributed by atoms with Crippen LogP contribution in [-0.2, 0) is 0 Å². The van der Waals surface area contributed by atoms with Crippen LogP contribution in [0.5, 0.6) is 0 Å².